The molecule has 0 fully saturated rings. The number of methoxy groups -OCH3 is 2. The summed E-state index contributed by atoms with van der Waals surface area (Å²) in [6.45, 7) is 3.47. The maximum Gasteiger partial charge on any atom is 0.373 e. The van der Waals surface area contributed by atoms with Crippen molar-refractivity contribution in [3.63, 3.8) is 0 Å². The van der Waals surface area contributed by atoms with E-state index in [0.717, 1.165) is 12.3 Å². The highest BCUT2D eigenvalue weighted by Crippen LogP contribution is 2.21. The molecule has 1 rings (SSSR count). The second kappa shape index (κ2) is 6.42. The van der Waals surface area contributed by atoms with E-state index in [2.05, 4.69) is 9.64 Å². The molecule has 0 N–H and O–H groups in total. The molecule has 1 aromatic rings. The maximum atomic E-state index is 11.2. The van der Waals surface area contributed by atoms with Gasteiger partial charge in [0.1, 0.15) is 5.76 Å². The van der Waals surface area contributed by atoms with Gasteiger partial charge in [-0.25, -0.2) is 4.79 Å². The Balaban J connectivity index is 2.65. The van der Waals surface area contributed by atoms with E-state index in [-0.39, 0.29) is 11.8 Å². The minimum atomic E-state index is -0.456. The number of carbonyl (C=O) groups excluding carboxylic acids is 1. The average molecular weight is 241 g/mol. The minimum Gasteiger partial charge on any atom is -0.463 e. The van der Waals surface area contributed by atoms with E-state index in [4.69, 9.17) is 9.15 Å². The highest BCUT2D eigenvalue weighted by Gasteiger charge is 2.18. The van der Waals surface area contributed by atoms with Crippen molar-refractivity contribution in [2.45, 2.75) is 13.0 Å². The summed E-state index contributed by atoms with van der Waals surface area (Å²) < 4.78 is 15.0. The van der Waals surface area contributed by atoms with Crippen LogP contribution in [0.25, 0.3) is 0 Å². The first-order valence-corrected chi connectivity index (χ1v) is 5.47. The number of furan rings is 1. The monoisotopic (exact) mass is 241 g/mol. The predicted molar refractivity (Wildman–Crippen MR) is 63.0 cm³/mol. The lowest BCUT2D eigenvalue weighted by atomic mass is 10.2. The molecule has 0 aliphatic rings. The average Bonchev–Trinajstić information content (AvgIpc) is 2.83. The molecule has 1 heterocycles. The van der Waals surface area contributed by atoms with Crippen LogP contribution in [0.1, 0.15) is 29.3 Å². The summed E-state index contributed by atoms with van der Waals surface area (Å²) in [5, 5.41) is 0. The molecule has 0 radical (unpaired) electrons. The van der Waals surface area contributed by atoms with E-state index in [1.165, 1.54) is 7.11 Å². The first kappa shape index (κ1) is 13.7. The van der Waals surface area contributed by atoms with Crippen LogP contribution < -0.4 is 0 Å². The smallest absolute Gasteiger partial charge is 0.373 e. The van der Waals surface area contributed by atoms with Crippen LogP contribution in [0.4, 0.5) is 0 Å². The highest BCUT2D eigenvalue weighted by atomic mass is 16.5. The van der Waals surface area contributed by atoms with Crippen LogP contribution in [0, 0.1) is 0 Å². The highest BCUT2D eigenvalue weighted by molar-refractivity contribution is 5.86. The largest absolute Gasteiger partial charge is 0.463 e. The van der Waals surface area contributed by atoms with Gasteiger partial charge in [0.25, 0.3) is 0 Å². The van der Waals surface area contributed by atoms with Crippen molar-refractivity contribution in [3.8, 4) is 0 Å². The molecule has 0 saturated carbocycles. The fourth-order valence-corrected chi connectivity index (χ4v) is 1.43. The van der Waals surface area contributed by atoms with Gasteiger partial charge in [0.05, 0.1) is 19.8 Å². The summed E-state index contributed by atoms with van der Waals surface area (Å²) in [5.41, 5.74) is 0. The number of nitrogens with zero attached hydrogens (tertiary/aromatic N) is 1. The van der Waals surface area contributed by atoms with Crippen LogP contribution in [0.2, 0.25) is 0 Å². The number of ether oxygens (including phenoxy) is 2. The summed E-state index contributed by atoms with van der Waals surface area (Å²) in [6.07, 6.45) is 0. The topological polar surface area (TPSA) is 51.9 Å². The number of esters is 1. The second-order valence-electron chi connectivity index (χ2n) is 3.84. The molecular weight excluding hydrogens is 222 g/mol. The van der Waals surface area contributed by atoms with Crippen LogP contribution in [-0.2, 0) is 9.47 Å². The Kier molecular flexibility index (Phi) is 5.18. The van der Waals surface area contributed by atoms with E-state index in [1.807, 2.05) is 14.0 Å². The van der Waals surface area contributed by atoms with E-state index >= 15 is 0 Å². The molecule has 1 atom stereocenters. The molecule has 17 heavy (non-hydrogen) atoms. The number of rotatable bonds is 6. The van der Waals surface area contributed by atoms with E-state index < -0.39 is 5.97 Å². The Morgan fingerprint density at radius 1 is 1.47 bits per heavy atom. The van der Waals surface area contributed by atoms with E-state index in [9.17, 15) is 4.79 Å². The molecule has 1 aromatic heterocycles. The third-order valence-electron chi connectivity index (χ3n) is 2.73. The first-order valence-electron chi connectivity index (χ1n) is 5.47. The fraction of sp³-hybridized carbons (Fsp3) is 0.583. The summed E-state index contributed by atoms with van der Waals surface area (Å²) in [7, 11) is 4.98. The van der Waals surface area contributed by atoms with Gasteiger partial charge in [-0.15, -0.1) is 0 Å². The molecule has 5 heteroatoms. The van der Waals surface area contributed by atoms with Crippen LogP contribution in [0.5, 0.6) is 0 Å². The van der Waals surface area contributed by atoms with Gasteiger partial charge in [-0.1, -0.05) is 0 Å². The summed E-state index contributed by atoms with van der Waals surface area (Å²) >= 11 is 0. The number of carbonyl (C=O) groups is 1. The van der Waals surface area contributed by atoms with Crippen molar-refractivity contribution in [1.29, 1.82) is 0 Å². The zero-order chi connectivity index (χ0) is 12.8. The fourth-order valence-electron chi connectivity index (χ4n) is 1.43. The van der Waals surface area contributed by atoms with Gasteiger partial charge in [-0.2, -0.15) is 0 Å². The van der Waals surface area contributed by atoms with Gasteiger partial charge < -0.3 is 13.9 Å². The standard InChI is InChI=1S/C12H19NO4/c1-9(13(2)7-8-15-3)10-5-6-11(17-10)12(14)16-4/h5-6,9H,7-8H2,1-4H3. The van der Waals surface area contributed by atoms with Gasteiger partial charge in [-0.3, -0.25) is 4.90 Å². The van der Waals surface area contributed by atoms with Gasteiger partial charge in [-0.05, 0) is 26.1 Å². The Morgan fingerprint density at radius 3 is 2.76 bits per heavy atom. The Hall–Kier alpha value is -1.33. The van der Waals surface area contributed by atoms with Crippen LogP contribution >= 0.6 is 0 Å². The third kappa shape index (κ3) is 3.57. The molecule has 0 saturated heterocycles. The molecule has 0 aliphatic heterocycles. The van der Waals surface area contributed by atoms with Crippen LogP contribution in [0.3, 0.4) is 0 Å². The third-order valence-corrected chi connectivity index (χ3v) is 2.73. The van der Waals surface area contributed by atoms with Gasteiger partial charge >= 0.3 is 5.97 Å². The maximum absolute atomic E-state index is 11.2. The van der Waals surface area contributed by atoms with Crippen molar-refractivity contribution in [3.05, 3.63) is 23.7 Å². The number of hydrogen-bond donors (Lipinski definition) is 0. The Labute approximate surface area is 101 Å². The van der Waals surface area contributed by atoms with Gasteiger partial charge in [0.15, 0.2) is 0 Å². The molecule has 1 unspecified atom stereocenters. The normalized spacial score (nSPS) is 12.8. The lowest BCUT2D eigenvalue weighted by Gasteiger charge is -2.22. The van der Waals surface area contributed by atoms with Crippen molar-refractivity contribution in [2.75, 3.05) is 34.4 Å². The SMILES string of the molecule is COCCN(C)C(C)c1ccc(C(=O)OC)o1. The van der Waals surface area contributed by atoms with Crippen LogP contribution in [-0.4, -0.2) is 45.3 Å². The zero-order valence-electron chi connectivity index (χ0n) is 10.7. The quantitative estimate of drug-likeness (QED) is 0.710. The molecule has 0 bridgehead atoms. The van der Waals surface area contributed by atoms with Crippen LogP contribution in [0.15, 0.2) is 16.5 Å². The Morgan fingerprint density at radius 2 is 2.18 bits per heavy atom. The van der Waals surface area contributed by atoms with E-state index in [1.54, 1.807) is 19.2 Å². The lowest BCUT2D eigenvalue weighted by Crippen LogP contribution is -2.25. The van der Waals surface area contributed by atoms with Crippen molar-refractivity contribution < 1.29 is 18.7 Å². The number of likely N-dealkylation sites (N-methyl/N-ethyl adjacent to an activating group) is 1. The molecular formula is C12H19NO4. The molecule has 5 nitrogen and oxygen atoms in total. The predicted octanol–water partition coefficient (Wildman–Crippen LogP) is 1.71. The zero-order valence-corrected chi connectivity index (χ0v) is 10.7. The molecule has 0 amide bonds. The summed E-state index contributed by atoms with van der Waals surface area (Å²) in [4.78, 5) is 13.3. The van der Waals surface area contributed by atoms with Gasteiger partial charge in [0.2, 0.25) is 5.76 Å². The van der Waals surface area contributed by atoms with Gasteiger partial charge in [0, 0.05) is 13.7 Å². The molecule has 0 aliphatic carbocycles. The molecule has 0 spiro atoms. The van der Waals surface area contributed by atoms with Crippen molar-refractivity contribution in [1.82, 2.24) is 4.90 Å². The number of hydrogen-bond acceptors (Lipinski definition) is 5. The summed E-state index contributed by atoms with van der Waals surface area (Å²) in [6, 6.07) is 3.51. The van der Waals surface area contributed by atoms with Crippen molar-refractivity contribution >= 4 is 5.97 Å². The van der Waals surface area contributed by atoms with Crippen molar-refractivity contribution in [2.24, 2.45) is 0 Å². The molecule has 0 aromatic carbocycles. The molecule has 96 valence electrons. The first-order chi connectivity index (χ1) is 8.10. The second-order valence-corrected chi connectivity index (χ2v) is 3.84. The Bertz CT molecular complexity index is 361. The minimum absolute atomic E-state index is 0.0866. The van der Waals surface area contributed by atoms with E-state index in [0.29, 0.717) is 6.61 Å². The summed E-state index contributed by atoms with van der Waals surface area (Å²) in [5.74, 6) is 0.515. The lowest BCUT2D eigenvalue weighted by molar-refractivity contribution is 0.0558.